The van der Waals surface area contributed by atoms with Crippen molar-refractivity contribution < 1.29 is 9.47 Å². The Hall–Kier alpha value is -1.04. The summed E-state index contributed by atoms with van der Waals surface area (Å²) in [6.45, 7) is 13.1. The lowest BCUT2D eigenvalue weighted by Crippen LogP contribution is -2.35. The quantitative estimate of drug-likeness (QED) is 0.918. The number of nitrogens with zero attached hydrogens (tertiary/aromatic N) is 2. The van der Waals surface area contributed by atoms with E-state index in [1.165, 1.54) is 5.56 Å². The van der Waals surface area contributed by atoms with Crippen LogP contribution in [-0.2, 0) is 16.0 Å². The zero-order chi connectivity index (χ0) is 14.8. The summed E-state index contributed by atoms with van der Waals surface area (Å²) in [7, 11) is 0. The van der Waals surface area contributed by atoms with Crippen LogP contribution in [0.25, 0.3) is 0 Å². The molecule has 1 fully saturated rings. The summed E-state index contributed by atoms with van der Waals surface area (Å²) in [5.41, 5.74) is 3.27. The standard InChI is InChI=1S/C15H25N3O2/c1-10-12(8-16-15(3,4)5)11(2)18-14(17-10)13-9-19-6-7-20-13/h13,16H,6-9H2,1-5H3. The lowest BCUT2D eigenvalue weighted by Gasteiger charge is -2.24. The second kappa shape index (κ2) is 6.16. The normalized spacial score (nSPS) is 20.1. The largest absolute Gasteiger partial charge is 0.376 e. The van der Waals surface area contributed by atoms with E-state index in [0.717, 1.165) is 23.8 Å². The van der Waals surface area contributed by atoms with Gasteiger partial charge in [0.15, 0.2) is 5.82 Å². The van der Waals surface area contributed by atoms with Crippen LogP contribution >= 0.6 is 0 Å². The van der Waals surface area contributed by atoms with Gasteiger partial charge in [0.25, 0.3) is 0 Å². The molecule has 0 aromatic carbocycles. The van der Waals surface area contributed by atoms with Gasteiger partial charge in [-0.15, -0.1) is 0 Å². The Balaban J connectivity index is 2.15. The first-order valence-corrected chi connectivity index (χ1v) is 7.15. The van der Waals surface area contributed by atoms with Gasteiger partial charge < -0.3 is 14.8 Å². The predicted molar refractivity (Wildman–Crippen MR) is 77.6 cm³/mol. The van der Waals surface area contributed by atoms with E-state index >= 15 is 0 Å². The Morgan fingerprint density at radius 2 is 1.80 bits per heavy atom. The number of aryl methyl sites for hydroxylation is 2. The lowest BCUT2D eigenvalue weighted by atomic mass is 10.1. The zero-order valence-corrected chi connectivity index (χ0v) is 13.1. The second-order valence-electron chi connectivity index (χ2n) is 6.27. The molecule has 20 heavy (non-hydrogen) atoms. The van der Waals surface area contributed by atoms with Gasteiger partial charge in [0.2, 0.25) is 0 Å². The van der Waals surface area contributed by atoms with Gasteiger partial charge in [0.05, 0.1) is 19.8 Å². The average molecular weight is 279 g/mol. The number of nitrogens with one attached hydrogen (secondary N) is 1. The molecular formula is C15H25N3O2. The fraction of sp³-hybridized carbons (Fsp3) is 0.733. The van der Waals surface area contributed by atoms with Crippen LogP contribution in [0.15, 0.2) is 0 Å². The van der Waals surface area contributed by atoms with Crippen LogP contribution in [0.1, 0.15) is 49.7 Å². The fourth-order valence-electron chi connectivity index (χ4n) is 2.16. The Labute approximate surface area is 121 Å². The van der Waals surface area contributed by atoms with Crippen molar-refractivity contribution in [3.63, 3.8) is 0 Å². The summed E-state index contributed by atoms with van der Waals surface area (Å²) in [6.07, 6.45) is -0.134. The molecule has 5 heteroatoms. The van der Waals surface area contributed by atoms with Crippen molar-refractivity contribution in [3.05, 3.63) is 22.8 Å². The first-order chi connectivity index (χ1) is 9.37. The van der Waals surface area contributed by atoms with Crippen LogP contribution in [0.2, 0.25) is 0 Å². The van der Waals surface area contributed by atoms with E-state index in [4.69, 9.17) is 9.47 Å². The molecule has 1 aromatic heterocycles. The molecule has 1 unspecified atom stereocenters. The van der Waals surface area contributed by atoms with Gasteiger partial charge in [-0.25, -0.2) is 9.97 Å². The molecule has 2 heterocycles. The summed E-state index contributed by atoms with van der Waals surface area (Å²) in [5, 5.41) is 3.48. The molecule has 1 aromatic rings. The third kappa shape index (κ3) is 3.98. The topological polar surface area (TPSA) is 56.3 Å². The number of rotatable bonds is 3. The Morgan fingerprint density at radius 3 is 2.30 bits per heavy atom. The smallest absolute Gasteiger partial charge is 0.160 e. The summed E-state index contributed by atoms with van der Waals surface area (Å²) in [5.74, 6) is 0.735. The molecule has 0 bridgehead atoms. The van der Waals surface area contributed by atoms with Crippen LogP contribution in [0.4, 0.5) is 0 Å². The maximum absolute atomic E-state index is 5.66. The van der Waals surface area contributed by atoms with Crippen molar-refractivity contribution >= 4 is 0 Å². The molecule has 1 N–H and O–H groups in total. The SMILES string of the molecule is Cc1nc(C2COCCO2)nc(C)c1CNC(C)(C)C. The van der Waals surface area contributed by atoms with Crippen LogP contribution in [0.3, 0.4) is 0 Å². The third-order valence-corrected chi connectivity index (χ3v) is 3.34. The molecule has 0 radical (unpaired) electrons. The van der Waals surface area contributed by atoms with E-state index in [1.807, 2.05) is 13.8 Å². The van der Waals surface area contributed by atoms with Gasteiger partial charge in [-0.3, -0.25) is 0 Å². The molecule has 112 valence electrons. The van der Waals surface area contributed by atoms with Gasteiger partial charge in [-0.1, -0.05) is 0 Å². The summed E-state index contributed by atoms with van der Waals surface area (Å²) in [6, 6.07) is 0. The van der Waals surface area contributed by atoms with Gasteiger partial charge in [-0.2, -0.15) is 0 Å². The minimum Gasteiger partial charge on any atom is -0.376 e. The van der Waals surface area contributed by atoms with E-state index in [2.05, 4.69) is 36.1 Å². The summed E-state index contributed by atoms with van der Waals surface area (Å²) < 4.78 is 11.1. The van der Waals surface area contributed by atoms with Gasteiger partial charge in [0, 0.05) is 29.0 Å². The molecular weight excluding hydrogens is 254 g/mol. The summed E-state index contributed by atoms with van der Waals surface area (Å²) >= 11 is 0. The maximum atomic E-state index is 5.66. The number of hydrogen-bond donors (Lipinski definition) is 1. The lowest BCUT2D eigenvalue weighted by molar-refractivity contribution is -0.0936. The van der Waals surface area contributed by atoms with E-state index in [-0.39, 0.29) is 11.6 Å². The maximum Gasteiger partial charge on any atom is 0.160 e. The highest BCUT2D eigenvalue weighted by molar-refractivity contribution is 5.25. The second-order valence-corrected chi connectivity index (χ2v) is 6.27. The van der Waals surface area contributed by atoms with E-state index in [9.17, 15) is 0 Å². The average Bonchev–Trinajstić information content (AvgIpc) is 2.37. The fourth-order valence-corrected chi connectivity index (χ4v) is 2.16. The molecule has 0 spiro atoms. The Bertz CT molecular complexity index is 440. The number of aromatic nitrogens is 2. The monoisotopic (exact) mass is 279 g/mol. The van der Waals surface area contributed by atoms with Crippen LogP contribution < -0.4 is 5.32 Å². The molecule has 1 aliphatic rings. The van der Waals surface area contributed by atoms with Crippen molar-refractivity contribution in [1.82, 2.24) is 15.3 Å². The molecule has 1 saturated heterocycles. The van der Waals surface area contributed by atoms with Crippen LogP contribution in [-0.4, -0.2) is 35.3 Å². The van der Waals surface area contributed by atoms with E-state index < -0.39 is 0 Å². The van der Waals surface area contributed by atoms with Crippen molar-refractivity contribution in [1.29, 1.82) is 0 Å². The minimum atomic E-state index is -0.134. The van der Waals surface area contributed by atoms with Gasteiger partial charge in [-0.05, 0) is 34.6 Å². The van der Waals surface area contributed by atoms with Crippen molar-refractivity contribution in [2.75, 3.05) is 19.8 Å². The Morgan fingerprint density at radius 1 is 1.15 bits per heavy atom. The highest BCUT2D eigenvalue weighted by atomic mass is 16.6. The predicted octanol–water partition coefficient (Wildman–Crippen LogP) is 2.07. The van der Waals surface area contributed by atoms with E-state index in [1.54, 1.807) is 0 Å². The summed E-state index contributed by atoms with van der Waals surface area (Å²) in [4.78, 5) is 9.20. The molecule has 0 saturated carbocycles. The number of ether oxygens (including phenoxy) is 2. The molecule has 0 amide bonds. The molecule has 1 aliphatic heterocycles. The highest BCUT2D eigenvalue weighted by Crippen LogP contribution is 2.20. The van der Waals surface area contributed by atoms with Crippen LogP contribution in [0, 0.1) is 13.8 Å². The molecule has 0 aliphatic carbocycles. The molecule has 5 nitrogen and oxygen atoms in total. The highest BCUT2D eigenvalue weighted by Gasteiger charge is 2.21. The third-order valence-electron chi connectivity index (χ3n) is 3.34. The molecule has 2 rings (SSSR count). The number of hydrogen-bond acceptors (Lipinski definition) is 5. The zero-order valence-electron chi connectivity index (χ0n) is 13.1. The van der Waals surface area contributed by atoms with Crippen molar-refractivity contribution in [2.24, 2.45) is 0 Å². The van der Waals surface area contributed by atoms with Crippen molar-refractivity contribution in [2.45, 2.75) is 52.8 Å². The van der Waals surface area contributed by atoms with E-state index in [0.29, 0.717) is 19.8 Å². The first kappa shape index (κ1) is 15.4. The first-order valence-electron chi connectivity index (χ1n) is 7.15. The van der Waals surface area contributed by atoms with Gasteiger partial charge >= 0.3 is 0 Å². The van der Waals surface area contributed by atoms with Crippen molar-refractivity contribution in [3.8, 4) is 0 Å². The minimum absolute atomic E-state index is 0.0812. The molecule has 1 atom stereocenters. The van der Waals surface area contributed by atoms with Crippen LogP contribution in [0.5, 0.6) is 0 Å². The Kier molecular flexibility index (Phi) is 4.73. The van der Waals surface area contributed by atoms with Gasteiger partial charge in [0.1, 0.15) is 6.10 Å².